The van der Waals surface area contributed by atoms with Gasteiger partial charge in [-0.3, -0.25) is 0 Å². The Labute approximate surface area is 109 Å². The van der Waals surface area contributed by atoms with E-state index in [1.807, 2.05) is 12.1 Å². The van der Waals surface area contributed by atoms with Crippen LogP contribution in [0.1, 0.15) is 18.1 Å². The van der Waals surface area contributed by atoms with Crippen molar-refractivity contribution in [2.75, 3.05) is 6.61 Å². The van der Waals surface area contributed by atoms with Crippen LogP contribution in [0.3, 0.4) is 0 Å². The monoisotopic (exact) mass is 242 g/mol. The van der Waals surface area contributed by atoms with Gasteiger partial charge in [-0.2, -0.15) is 0 Å². The SMILES string of the molecule is CCc1cc[n+](CCOc2cccc(C)c2)cc1. The third-order valence-electron chi connectivity index (χ3n) is 2.98. The summed E-state index contributed by atoms with van der Waals surface area (Å²) in [7, 11) is 0. The molecule has 1 aromatic carbocycles. The van der Waals surface area contributed by atoms with Crippen molar-refractivity contribution in [3.8, 4) is 5.75 Å². The van der Waals surface area contributed by atoms with Crippen molar-refractivity contribution in [1.29, 1.82) is 0 Å². The van der Waals surface area contributed by atoms with Crippen LogP contribution in [0.5, 0.6) is 5.75 Å². The van der Waals surface area contributed by atoms with Gasteiger partial charge in [-0.1, -0.05) is 19.1 Å². The van der Waals surface area contributed by atoms with Gasteiger partial charge in [-0.25, -0.2) is 4.57 Å². The highest BCUT2D eigenvalue weighted by Crippen LogP contribution is 2.11. The molecule has 0 aliphatic carbocycles. The predicted octanol–water partition coefficient (Wildman–Crippen LogP) is 2.92. The Morgan fingerprint density at radius 2 is 1.89 bits per heavy atom. The first-order valence-corrected chi connectivity index (χ1v) is 6.45. The van der Waals surface area contributed by atoms with E-state index in [4.69, 9.17) is 4.74 Å². The predicted molar refractivity (Wildman–Crippen MR) is 72.7 cm³/mol. The summed E-state index contributed by atoms with van der Waals surface area (Å²) in [5.74, 6) is 0.945. The first-order valence-electron chi connectivity index (χ1n) is 6.45. The Balaban J connectivity index is 1.84. The van der Waals surface area contributed by atoms with Gasteiger partial charge in [0.1, 0.15) is 12.4 Å². The van der Waals surface area contributed by atoms with Crippen LogP contribution in [0.2, 0.25) is 0 Å². The molecular weight excluding hydrogens is 222 g/mol. The molecule has 0 atom stereocenters. The van der Waals surface area contributed by atoms with Crippen molar-refractivity contribution in [2.45, 2.75) is 26.8 Å². The average molecular weight is 242 g/mol. The molecule has 0 saturated carbocycles. The van der Waals surface area contributed by atoms with Gasteiger partial charge >= 0.3 is 0 Å². The highest BCUT2D eigenvalue weighted by Gasteiger charge is 2.01. The maximum atomic E-state index is 5.73. The zero-order valence-corrected chi connectivity index (χ0v) is 11.1. The minimum Gasteiger partial charge on any atom is -0.487 e. The summed E-state index contributed by atoms with van der Waals surface area (Å²) in [5.41, 5.74) is 2.60. The Hall–Kier alpha value is -1.83. The quantitative estimate of drug-likeness (QED) is 0.735. The van der Waals surface area contributed by atoms with Crippen molar-refractivity contribution in [3.63, 3.8) is 0 Å². The van der Waals surface area contributed by atoms with Crippen LogP contribution in [0, 0.1) is 6.92 Å². The maximum Gasteiger partial charge on any atom is 0.182 e. The number of hydrogen-bond donors (Lipinski definition) is 0. The highest BCUT2D eigenvalue weighted by molar-refractivity contribution is 5.27. The molecule has 0 aliphatic heterocycles. The largest absolute Gasteiger partial charge is 0.487 e. The van der Waals surface area contributed by atoms with Crippen LogP contribution in [0.15, 0.2) is 48.8 Å². The van der Waals surface area contributed by atoms with Crippen LogP contribution in [-0.4, -0.2) is 6.61 Å². The van der Waals surface area contributed by atoms with E-state index in [-0.39, 0.29) is 0 Å². The van der Waals surface area contributed by atoms with Crippen LogP contribution in [0.25, 0.3) is 0 Å². The topological polar surface area (TPSA) is 13.1 Å². The van der Waals surface area contributed by atoms with Crippen molar-refractivity contribution < 1.29 is 9.30 Å². The number of pyridine rings is 1. The van der Waals surface area contributed by atoms with Crippen molar-refractivity contribution >= 4 is 0 Å². The summed E-state index contributed by atoms with van der Waals surface area (Å²) >= 11 is 0. The summed E-state index contributed by atoms with van der Waals surface area (Å²) in [5, 5.41) is 0. The van der Waals surface area contributed by atoms with Crippen molar-refractivity contribution in [1.82, 2.24) is 0 Å². The molecule has 0 N–H and O–H groups in total. The van der Waals surface area contributed by atoms with E-state index in [1.165, 1.54) is 11.1 Å². The van der Waals surface area contributed by atoms with Gasteiger partial charge in [0.2, 0.25) is 0 Å². The molecule has 0 amide bonds. The van der Waals surface area contributed by atoms with E-state index >= 15 is 0 Å². The lowest BCUT2D eigenvalue weighted by Gasteiger charge is -2.04. The van der Waals surface area contributed by atoms with Crippen LogP contribution < -0.4 is 9.30 Å². The third-order valence-corrected chi connectivity index (χ3v) is 2.98. The number of aryl methyl sites for hydroxylation is 2. The fourth-order valence-corrected chi connectivity index (χ4v) is 1.85. The lowest BCUT2D eigenvalue weighted by atomic mass is 10.2. The summed E-state index contributed by atoms with van der Waals surface area (Å²) in [6, 6.07) is 12.5. The molecule has 1 aromatic heterocycles. The minimum absolute atomic E-state index is 0.694. The van der Waals surface area contributed by atoms with Crippen LogP contribution in [-0.2, 0) is 13.0 Å². The minimum atomic E-state index is 0.694. The summed E-state index contributed by atoms with van der Waals surface area (Å²) in [4.78, 5) is 0. The second-order valence-corrected chi connectivity index (χ2v) is 4.46. The number of rotatable bonds is 5. The fraction of sp³-hybridized carbons (Fsp3) is 0.312. The first-order chi connectivity index (χ1) is 8.78. The number of ether oxygens (including phenoxy) is 1. The molecule has 0 fully saturated rings. The Bertz CT molecular complexity index is 491. The molecule has 0 radical (unpaired) electrons. The summed E-state index contributed by atoms with van der Waals surface area (Å²) < 4.78 is 7.87. The second kappa shape index (κ2) is 6.20. The number of hydrogen-bond acceptors (Lipinski definition) is 1. The molecule has 18 heavy (non-hydrogen) atoms. The smallest absolute Gasteiger partial charge is 0.182 e. The molecule has 0 saturated heterocycles. The molecule has 2 heteroatoms. The van der Waals surface area contributed by atoms with E-state index in [0.717, 1.165) is 18.7 Å². The normalized spacial score (nSPS) is 10.3. The number of nitrogens with zero attached hydrogens (tertiary/aromatic N) is 1. The van der Waals surface area contributed by atoms with Gasteiger partial charge in [-0.15, -0.1) is 0 Å². The van der Waals surface area contributed by atoms with Crippen LogP contribution >= 0.6 is 0 Å². The van der Waals surface area contributed by atoms with Gasteiger partial charge in [0.15, 0.2) is 18.9 Å². The standard InChI is InChI=1S/C16H20NO/c1-3-15-7-9-17(10-8-15)11-12-18-16-6-4-5-14(2)13-16/h4-10,13H,3,11-12H2,1-2H3/q+1. The molecule has 0 bridgehead atoms. The van der Waals surface area contributed by atoms with Crippen molar-refractivity contribution in [3.05, 3.63) is 59.9 Å². The summed E-state index contributed by atoms with van der Waals surface area (Å²) in [6.07, 6.45) is 5.30. The van der Waals surface area contributed by atoms with E-state index < -0.39 is 0 Å². The molecule has 2 nitrogen and oxygen atoms in total. The molecule has 0 unspecified atom stereocenters. The molecule has 0 spiro atoms. The van der Waals surface area contributed by atoms with Gasteiger partial charge in [0.25, 0.3) is 0 Å². The lowest BCUT2D eigenvalue weighted by Crippen LogP contribution is -2.35. The molecule has 2 rings (SSSR count). The number of aromatic nitrogens is 1. The van der Waals surface area contributed by atoms with E-state index in [9.17, 15) is 0 Å². The zero-order valence-electron chi connectivity index (χ0n) is 11.1. The van der Waals surface area contributed by atoms with E-state index in [1.54, 1.807) is 0 Å². The van der Waals surface area contributed by atoms with Gasteiger partial charge in [-0.05, 0) is 36.6 Å². The fourth-order valence-electron chi connectivity index (χ4n) is 1.85. The molecule has 1 heterocycles. The van der Waals surface area contributed by atoms with E-state index in [0.29, 0.717) is 6.61 Å². The average Bonchev–Trinajstić information content (AvgIpc) is 2.40. The van der Waals surface area contributed by atoms with Crippen LogP contribution in [0.4, 0.5) is 0 Å². The van der Waals surface area contributed by atoms with Gasteiger partial charge in [0, 0.05) is 12.1 Å². The molecule has 94 valence electrons. The zero-order chi connectivity index (χ0) is 12.8. The highest BCUT2D eigenvalue weighted by atomic mass is 16.5. The Kier molecular flexibility index (Phi) is 4.35. The number of benzene rings is 1. The van der Waals surface area contributed by atoms with Gasteiger partial charge < -0.3 is 4.74 Å². The third kappa shape index (κ3) is 3.59. The van der Waals surface area contributed by atoms with Gasteiger partial charge in [0.05, 0.1) is 0 Å². The Morgan fingerprint density at radius 1 is 1.11 bits per heavy atom. The summed E-state index contributed by atoms with van der Waals surface area (Å²) in [6.45, 7) is 5.81. The molecule has 0 aliphatic rings. The maximum absolute atomic E-state index is 5.73. The van der Waals surface area contributed by atoms with E-state index in [2.05, 4.69) is 55.1 Å². The first kappa shape index (κ1) is 12.6. The Morgan fingerprint density at radius 3 is 2.56 bits per heavy atom. The molecular formula is C16H20NO+. The second-order valence-electron chi connectivity index (χ2n) is 4.46. The molecule has 2 aromatic rings. The lowest BCUT2D eigenvalue weighted by molar-refractivity contribution is -0.697. The van der Waals surface area contributed by atoms with Crippen molar-refractivity contribution in [2.24, 2.45) is 0 Å².